The number of carbonyl (C=O) groups excluding carboxylic acids is 1. The Hall–Kier alpha value is -3.34. The van der Waals surface area contributed by atoms with E-state index in [2.05, 4.69) is 15.5 Å². The van der Waals surface area contributed by atoms with Gasteiger partial charge in [-0.3, -0.25) is 18.8 Å². The zero-order valence-electron chi connectivity index (χ0n) is 21.4. The number of aromatic nitrogens is 5. The van der Waals surface area contributed by atoms with Gasteiger partial charge in [0, 0.05) is 24.2 Å². The molecule has 0 bridgehead atoms. The number of hydrogen-bond acceptors (Lipinski definition) is 6. The SMILES string of the molecule is Cc1c(NC(=O)[C@H](C)Sc2nnc(-c3ccc(Cl)cc3)n2C[C@@H]2CCCO2)c(=O)n(-c2ccccc2)n1C. The predicted octanol–water partition coefficient (Wildman–Crippen LogP) is 4.69. The largest absolute Gasteiger partial charge is 0.376 e. The van der Waals surface area contributed by atoms with Crippen molar-refractivity contribution in [2.45, 2.75) is 49.7 Å². The number of rotatable bonds is 8. The van der Waals surface area contributed by atoms with Crippen LogP contribution in [-0.2, 0) is 23.1 Å². The fourth-order valence-corrected chi connectivity index (χ4v) is 5.48. The summed E-state index contributed by atoms with van der Waals surface area (Å²) in [6.45, 7) is 4.93. The van der Waals surface area contributed by atoms with Crippen molar-refractivity contribution in [2.75, 3.05) is 11.9 Å². The van der Waals surface area contributed by atoms with Crippen molar-refractivity contribution in [3.8, 4) is 17.1 Å². The molecule has 11 heteroatoms. The fourth-order valence-electron chi connectivity index (χ4n) is 4.49. The van der Waals surface area contributed by atoms with Crippen molar-refractivity contribution in [2.24, 2.45) is 7.05 Å². The Labute approximate surface area is 229 Å². The number of anilines is 1. The molecule has 198 valence electrons. The standard InChI is InChI=1S/C27H29ClN6O3S/c1-17-23(26(36)34(32(17)3)21-8-5-4-6-9-21)29-25(35)18(2)38-27-31-30-24(19-11-13-20(28)14-12-19)33(27)16-22-10-7-15-37-22/h4-6,8-9,11-14,18,22H,7,10,15-16H2,1-3H3,(H,29,35)/t18-,22-/m0/s1. The van der Waals surface area contributed by atoms with Crippen molar-refractivity contribution in [1.82, 2.24) is 24.1 Å². The molecule has 1 amide bonds. The lowest BCUT2D eigenvalue weighted by molar-refractivity contribution is -0.115. The van der Waals surface area contributed by atoms with Crippen molar-refractivity contribution in [3.05, 3.63) is 75.7 Å². The number of nitrogens with zero attached hydrogens (tertiary/aromatic N) is 5. The highest BCUT2D eigenvalue weighted by Crippen LogP contribution is 2.30. The van der Waals surface area contributed by atoms with E-state index in [9.17, 15) is 9.59 Å². The third-order valence-electron chi connectivity index (χ3n) is 6.68. The van der Waals surface area contributed by atoms with E-state index in [0.717, 1.165) is 30.7 Å². The molecule has 5 rings (SSSR count). The molecule has 3 heterocycles. The number of halogens is 1. The summed E-state index contributed by atoms with van der Waals surface area (Å²) in [7, 11) is 1.80. The van der Waals surface area contributed by atoms with E-state index in [0.29, 0.717) is 28.2 Å². The van der Waals surface area contributed by atoms with Crippen molar-refractivity contribution in [1.29, 1.82) is 0 Å². The molecule has 4 aromatic rings. The number of thioether (sulfide) groups is 1. The molecule has 2 aromatic heterocycles. The molecule has 2 aromatic carbocycles. The number of amides is 1. The number of benzene rings is 2. The van der Waals surface area contributed by atoms with E-state index in [1.807, 2.05) is 66.1 Å². The summed E-state index contributed by atoms with van der Waals surface area (Å²) < 4.78 is 11.2. The molecule has 1 aliphatic rings. The first-order valence-electron chi connectivity index (χ1n) is 12.5. The van der Waals surface area contributed by atoms with Gasteiger partial charge in [-0.2, -0.15) is 0 Å². The molecular formula is C27H29ClN6O3S. The molecule has 1 aliphatic heterocycles. The maximum absolute atomic E-state index is 13.3. The molecule has 0 spiro atoms. The van der Waals surface area contributed by atoms with Crippen LogP contribution in [0.15, 0.2) is 64.5 Å². The second-order valence-corrected chi connectivity index (χ2v) is 11.0. The Balaban J connectivity index is 1.38. The van der Waals surface area contributed by atoms with Crippen LogP contribution in [0.2, 0.25) is 5.02 Å². The number of hydrogen-bond donors (Lipinski definition) is 1. The fraction of sp³-hybridized carbons (Fsp3) is 0.333. The highest BCUT2D eigenvalue weighted by molar-refractivity contribution is 8.00. The van der Waals surface area contributed by atoms with E-state index >= 15 is 0 Å². The second kappa shape index (κ2) is 11.2. The minimum Gasteiger partial charge on any atom is -0.376 e. The lowest BCUT2D eigenvalue weighted by atomic mass is 10.2. The lowest BCUT2D eigenvalue weighted by Crippen LogP contribution is -2.27. The molecule has 2 atom stereocenters. The molecule has 0 saturated carbocycles. The Kier molecular flexibility index (Phi) is 7.73. The quantitative estimate of drug-likeness (QED) is 0.318. The molecular weight excluding hydrogens is 524 g/mol. The van der Waals surface area contributed by atoms with Gasteiger partial charge < -0.3 is 10.1 Å². The topological polar surface area (TPSA) is 96.0 Å². The van der Waals surface area contributed by atoms with E-state index in [-0.39, 0.29) is 23.3 Å². The Morgan fingerprint density at radius 2 is 1.92 bits per heavy atom. The van der Waals surface area contributed by atoms with Crippen LogP contribution in [0.4, 0.5) is 5.69 Å². The first kappa shape index (κ1) is 26.3. The highest BCUT2D eigenvalue weighted by Gasteiger charge is 2.26. The van der Waals surface area contributed by atoms with Crippen LogP contribution in [0, 0.1) is 6.92 Å². The molecule has 38 heavy (non-hydrogen) atoms. The average Bonchev–Trinajstić information content (AvgIpc) is 3.62. The van der Waals surface area contributed by atoms with Gasteiger partial charge in [0.15, 0.2) is 11.0 Å². The maximum atomic E-state index is 13.3. The van der Waals surface area contributed by atoms with E-state index in [1.165, 1.54) is 11.8 Å². The predicted molar refractivity (Wildman–Crippen MR) is 149 cm³/mol. The van der Waals surface area contributed by atoms with Crippen molar-refractivity contribution < 1.29 is 9.53 Å². The van der Waals surface area contributed by atoms with Crippen LogP contribution in [0.3, 0.4) is 0 Å². The first-order chi connectivity index (χ1) is 18.3. The number of nitrogens with one attached hydrogen (secondary N) is 1. The number of para-hydroxylation sites is 1. The van der Waals surface area contributed by atoms with E-state index in [4.69, 9.17) is 16.3 Å². The third-order valence-corrected chi connectivity index (χ3v) is 8.02. The Bertz CT molecular complexity index is 1490. The molecule has 1 N–H and O–H groups in total. The van der Waals surface area contributed by atoms with E-state index in [1.54, 1.807) is 23.3 Å². The summed E-state index contributed by atoms with van der Waals surface area (Å²) in [4.78, 5) is 26.5. The van der Waals surface area contributed by atoms with Crippen LogP contribution >= 0.6 is 23.4 Å². The van der Waals surface area contributed by atoms with Crippen LogP contribution in [0.5, 0.6) is 0 Å². The normalized spacial score (nSPS) is 16.1. The maximum Gasteiger partial charge on any atom is 0.295 e. The zero-order valence-corrected chi connectivity index (χ0v) is 23.0. The zero-order chi connectivity index (χ0) is 26.8. The summed E-state index contributed by atoms with van der Waals surface area (Å²) in [6.07, 6.45) is 2.03. The Morgan fingerprint density at radius 3 is 2.61 bits per heavy atom. The molecule has 1 fully saturated rings. The van der Waals surface area contributed by atoms with Gasteiger partial charge in [0.1, 0.15) is 5.69 Å². The highest BCUT2D eigenvalue weighted by atomic mass is 35.5. The number of carbonyl (C=O) groups is 1. The smallest absolute Gasteiger partial charge is 0.295 e. The van der Waals surface area contributed by atoms with Gasteiger partial charge in [-0.05, 0) is 63.1 Å². The van der Waals surface area contributed by atoms with Gasteiger partial charge in [0.05, 0.1) is 29.3 Å². The summed E-state index contributed by atoms with van der Waals surface area (Å²) >= 11 is 7.38. The van der Waals surface area contributed by atoms with Crippen LogP contribution in [0.1, 0.15) is 25.5 Å². The average molecular weight is 553 g/mol. The van der Waals surface area contributed by atoms with Gasteiger partial charge in [0.2, 0.25) is 5.91 Å². The van der Waals surface area contributed by atoms with E-state index < -0.39 is 5.25 Å². The summed E-state index contributed by atoms with van der Waals surface area (Å²) in [5.41, 5.74) is 2.24. The summed E-state index contributed by atoms with van der Waals surface area (Å²) in [5, 5.41) is 12.4. The van der Waals surface area contributed by atoms with Crippen LogP contribution in [-0.4, -0.2) is 48.0 Å². The monoisotopic (exact) mass is 552 g/mol. The van der Waals surface area contributed by atoms with Crippen LogP contribution in [0.25, 0.3) is 17.1 Å². The van der Waals surface area contributed by atoms with Crippen molar-refractivity contribution >= 4 is 35.0 Å². The Morgan fingerprint density at radius 1 is 1.18 bits per heavy atom. The third kappa shape index (κ3) is 5.29. The van der Waals surface area contributed by atoms with Gasteiger partial charge in [-0.25, -0.2) is 4.68 Å². The van der Waals surface area contributed by atoms with Gasteiger partial charge in [-0.15, -0.1) is 10.2 Å². The lowest BCUT2D eigenvalue weighted by Gasteiger charge is -2.16. The minimum atomic E-state index is -0.537. The first-order valence-corrected chi connectivity index (χ1v) is 13.7. The minimum absolute atomic E-state index is 0.0592. The molecule has 1 saturated heterocycles. The molecule has 0 aliphatic carbocycles. The van der Waals surface area contributed by atoms with Crippen molar-refractivity contribution in [3.63, 3.8) is 0 Å². The van der Waals surface area contributed by atoms with Gasteiger partial charge in [0.25, 0.3) is 5.56 Å². The number of ether oxygens (including phenoxy) is 1. The molecule has 9 nitrogen and oxygen atoms in total. The van der Waals surface area contributed by atoms with Gasteiger partial charge in [-0.1, -0.05) is 41.6 Å². The van der Waals surface area contributed by atoms with Crippen LogP contribution < -0.4 is 10.9 Å². The summed E-state index contributed by atoms with van der Waals surface area (Å²) in [6, 6.07) is 16.8. The van der Waals surface area contributed by atoms with Gasteiger partial charge >= 0.3 is 0 Å². The molecule has 0 unspecified atom stereocenters. The second-order valence-electron chi connectivity index (χ2n) is 9.24. The molecule has 0 radical (unpaired) electrons. The summed E-state index contributed by atoms with van der Waals surface area (Å²) in [5.74, 6) is 0.401.